The second-order valence-electron chi connectivity index (χ2n) is 2.84. The fourth-order valence-corrected chi connectivity index (χ4v) is 0.543. The monoisotopic (exact) mass is 180 g/mol. The van der Waals surface area contributed by atoms with Crippen molar-refractivity contribution in [3.63, 3.8) is 0 Å². The molecule has 0 spiro atoms. The molecule has 0 unspecified atom stereocenters. The SMILES string of the molecule is CN(C)CCC(=O)N(C)C.Cl. The quantitative estimate of drug-likeness (QED) is 0.630. The minimum absolute atomic E-state index is 0. The molecule has 0 aromatic heterocycles. The van der Waals surface area contributed by atoms with E-state index in [0.717, 1.165) is 6.54 Å². The van der Waals surface area contributed by atoms with Gasteiger partial charge in [-0.3, -0.25) is 4.79 Å². The number of halogens is 1. The van der Waals surface area contributed by atoms with E-state index >= 15 is 0 Å². The summed E-state index contributed by atoms with van der Waals surface area (Å²) < 4.78 is 0. The molecule has 0 saturated heterocycles. The molecule has 4 heteroatoms. The summed E-state index contributed by atoms with van der Waals surface area (Å²) in [6, 6.07) is 0. The molecule has 0 aliphatic heterocycles. The van der Waals surface area contributed by atoms with Crippen molar-refractivity contribution >= 4 is 18.3 Å². The van der Waals surface area contributed by atoms with Crippen LogP contribution in [0, 0.1) is 0 Å². The second kappa shape index (κ2) is 6.43. The molecule has 0 aliphatic rings. The predicted octanol–water partition coefficient (Wildman–Crippen LogP) is 0.448. The summed E-state index contributed by atoms with van der Waals surface area (Å²) in [5.41, 5.74) is 0. The molecule has 0 fully saturated rings. The molecule has 0 aromatic carbocycles. The van der Waals surface area contributed by atoms with Gasteiger partial charge >= 0.3 is 0 Å². The molecule has 0 heterocycles. The Hall–Kier alpha value is -0.280. The van der Waals surface area contributed by atoms with Crippen molar-refractivity contribution in [2.45, 2.75) is 6.42 Å². The first kappa shape index (κ1) is 13.3. The van der Waals surface area contributed by atoms with E-state index < -0.39 is 0 Å². The molecule has 0 saturated carbocycles. The summed E-state index contributed by atoms with van der Waals surface area (Å²) in [6.07, 6.45) is 0.611. The van der Waals surface area contributed by atoms with Crippen LogP contribution in [0.1, 0.15) is 6.42 Å². The van der Waals surface area contributed by atoms with Crippen LogP contribution in [0.25, 0.3) is 0 Å². The van der Waals surface area contributed by atoms with Crippen LogP contribution in [0.3, 0.4) is 0 Å². The van der Waals surface area contributed by atoms with Gasteiger partial charge in [0.15, 0.2) is 0 Å². The van der Waals surface area contributed by atoms with E-state index in [2.05, 4.69) is 0 Å². The average Bonchev–Trinajstić information content (AvgIpc) is 1.82. The number of nitrogens with zero attached hydrogens (tertiary/aromatic N) is 2. The molecule has 0 N–H and O–H groups in total. The summed E-state index contributed by atoms with van der Waals surface area (Å²) in [6.45, 7) is 0.830. The lowest BCUT2D eigenvalue weighted by atomic mass is 10.4. The molecule has 0 bridgehead atoms. The summed E-state index contributed by atoms with van der Waals surface area (Å²) in [5.74, 6) is 0.189. The van der Waals surface area contributed by atoms with Crippen molar-refractivity contribution < 1.29 is 4.79 Å². The Balaban J connectivity index is 0. The van der Waals surface area contributed by atoms with Crippen LogP contribution in [-0.2, 0) is 4.79 Å². The summed E-state index contributed by atoms with van der Waals surface area (Å²) in [7, 11) is 7.47. The Morgan fingerprint density at radius 1 is 1.18 bits per heavy atom. The van der Waals surface area contributed by atoms with Crippen molar-refractivity contribution in [2.24, 2.45) is 0 Å². The lowest BCUT2D eigenvalue weighted by Crippen LogP contribution is -2.26. The zero-order valence-electron chi connectivity index (χ0n) is 7.63. The lowest BCUT2D eigenvalue weighted by Gasteiger charge is -2.12. The van der Waals surface area contributed by atoms with Crippen molar-refractivity contribution in [1.29, 1.82) is 0 Å². The van der Waals surface area contributed by atoms with Crippen LogP contribution >= 0.6 is 12.4 Å². The highest BCUT2D eigenvalue weighted by Crippen LogP contribution is 1.87. The smallest absolute Gasteiger partial charge is 0.223 e. The van der Waals surface area contributed by atoms with Crippen LogP contribution < -0.4 is 0 Å². The normalized spacial score (nSPS) is 9.18. The standard InChI is InChI=1S/C7H16N2O.ClH/c1-8(2)6-5-7(10)9(3)4;/h5-6H2,1-4H3;1H. The second-order valence-corrected chi connectivity index (χ2v) is 2.84. The maximum absolute atomic E-state index is 10.9. The Kier molecular flexibility index (Phi) is 7.79. The van der Waals surface area contributed by atoms with E-state index in [9.17, 15) is 4.79 Å². The van der Waals surface area contributed by atoms with Crippen molar-refractivity contribution in [1.82, 2.24) is 9.80 Å². The topological polar surface area (TPSA) is 23.6 Å². The minimum atomic E-state index is 0. The van der Waals surface area contributed by atoms with Gasteiger partial charge in [-0.1, -0.05) is 0 Å². The van der Waals surface area contributed by atoms with Gasteiger partial charge in [-0.15, -0.1) is 12.4 Å². The number of hydrogen-bond donors (Lipinski definition) is 0. The van der Waals surface area contributed by atoms with Crippen molar-refractivity contribution in [2.75, 3.05) is 34.7 Å². The number of carbonyl (C=O) groups excluding carboxylic acids is 1. The molecule has 11 heavy (non-hydrogen) atoms. The highest BCUT2D eigenvalue weighted by atomic mass is 35.5. The van der Waals surface area contributed by atoms with Gasteiger partial charge in [-0.25, -0.2) is 0 Å². The fraction of sp³-hybridized carbons (Fsp3) is 0.857. The third-order valence-corrected chi connectivity index (χ3v) is 1.27. The number of carbonyl (C=O) groups is 1. The van der Waals surface area contributed by atoms with Crippen LogP contribution in [-0.4, -0.2) is 50.4 Å². The van der Waals surface area contributed by atoms with Gasteiger partial charge in [0.25, 0.3) is 0 Å². The molecule has 1 amide bonds. The number of amides is 1. The molecule has 0 aromatic rings. The average molecular weight is 181 g/mol. The van der Waals surface area contributed by atoms with Gasteiger partial charge in [-0.05, 0) is 14.1 Å². The maximum atomic E-state index is 10.9. The van der Waals surface area contributed by atoms with Crippen LogP contribution in [0.2, 0.25) is 0 Å². The number of rotatable bonds is 3. The van der Waals surface area contributed by atoms with E-state index in [1.807, 2.05) is 19.0 Å². The zero-order chi connectivity index (χ0) is 8.15. The van der Waals surface area contributed by atoms with Crippen molar-refractivity contribution in [3.05, 3.63) is 0 Å². The van der Waals surface area contributed by atoms with Crippen molar-refractivity contribution in [3.8, 4) is 0 Å². The van der Waals surface area contributed by atoms with Crippen LogP contribution in [0.5, 0.6) is 0 Å². The van der Waals surface area contributed by atoms with E-state index in [0.29, 0.717) is 6.42 Å². The first-order chi connectivity index (χ1) is 4.54. The summed E-state index contributed by atoms with van der Waals surface area (Å²) in [4.78, 5) is 14.6. The van der Waals surface area contributed by atoms with E-state index in [4.69, 9.17) is 0 Å². The van der Waals surface area contributed by atoms with Gasteiger partial charge in [0, 0.05) is 27.1 Å². The molecular formula is C7H17ClN2O. The Bertz CT molecular complexity index is 115. The van der Waals surface area contributed by atoms with Gasteiger partial charge in [0.2, 0.25) is 5.91 Å². The van der Waals surface area contributed by atoms with Crippen LogP contribution in [0.4, 0.5) is 0 Å². The lowest BCUT2D eigenvalue weighted by molar-refractivity contribution is -0.128. The third kappa shape index (κ3) is 7.62. The van der Waals surface area contributed by atoms with Gasteiger partial charge in [0.1, 0.15) is 0 Å². The molecule has 0 aliphatic carbocycles. The highest BCUT2D eigenvalue weighted by Gasteiger charge is 2.02. The van der Waals surface area contributed by atoms with E-state index in [1.54, 1.807) is 19.0 Å². The summed E-state index contributed by atoms with van der Waals surface area (Å²) >= 11 is 0. The van der Waals surface area contributed by atoms with Gasteiger partial charge < -0.3 is 9.80 Å². The van der Waals surface area contributed by atoms with E-state index in [1.165, 1.54) is 0 Å². The van der Waals surface area contributed by atoms with Gasteiger partial charge in [-0.2, -0.15) is 0 Å². The predicted molar refractivity (Wildman–Crippen MR) is 49.1 cm³/mol. The van der Waals surface area contributed by atoms with Crippen LogP contribution in [0.15, 0.2) is 0 Å². The zero-order valence-corrected chi connectivity index (χ0v) is 8.44. The summed E-state index contributed by atoms with van der Waals surface area (Å²) in [5, 5.41) is 0. The third-order valence-electron chi connectivity index (χ3n) is 1.27. The highest BCUT2D eigenvalue weighted by molar-refractivity contribution is 5.85. The molecule has 0 radical (unpaired) electrons. The fourth-order valence-electron chi connectivity index (χ4n) is 0.543. The Labute approximate surface area is 74.8 Å². The Morgan fingerprint density at radius 3 is 1.91 bits per heavy atom. The largest absolute Gasteiger partial charge is 0.349 e. The molecule has 3 nitrogen and oxygen atoms in total. The van der Waals surface area contributed by atoms with Gasteiger partial charge in [0.05, 0.1) is 0 Å². The molecule has 0 rings (SSSR count). The maximum Gasteiger partial charge on any atom is 0.223 e. The molecule has 68 valence electrons. The Morgan fingerprint density at radius 2 is 1.64 bits per heavy atom. The first-order valence-corrected chi connectivity index (χ1v) is 3.39. The molecule has 0 atom stereocenters. The number of hydrogen-bond acceptors (Lipinski definition) is 2. The van der Waals surface area contributed by atoms with E-state index in [-0.39, 0.29) is 18.3 Å². The molecular weight excluding hydrogens is 164 g/mol. The first-order valence-electron chi connectivity index (χ1n) is 3.39. The minimum Gasteiger partial charge on any atom is -0.349 e.